The Hall–Kier alpha value is -1.88. The minimum atomic E-state index is -0.0968. The van der Waals surface area contributed by atoms with E-state index in [1.807, 2.05) is 27.7 Å². The molecule has 0 radical (unpaired) electrons. The highest BCUT2D eigenvalue weighted by atomic mass is 16.2. The topological polar surface area (TPSA) is 70.2 Å². The Morgan fingerprint density at radius 1 is 1.10 bits per heavy atom. The summed E-state index contributed by atoms with van der Waals surface area (Å²) in [6, 6.07) is 7.31. The molecule has 5 heteroatoms. The Morgan fingerprint density at radius 2 is 1.71 bits per heavy atom. The van der Waals surface area contributed by atoms with E-state index < -0.39 is 0 Å². The zero-order chi connectivity index (χ0) is 15.8. The van der Waals surface area contributed by atoms with Crippen LogP contribution in [-0.4, -0.2) is 30.4 Å². The van der Waals surface area contributed by atoms with Gasteiger partial charge in [-0.2, -0.15) is 0 Å². The van der Waals surface area contributed by atoms with Gasteiger partial charge in [0.05, 0.1) is 6.54 Å². The number of nitrogens with one attached hydrogen (secondary N) is 3. The molecular weight excluding hydrogens is 266 g/mol. The predicted molar refractivity (Wildman–Crippen MR) is 85.4 cm³/mol. The summed E-state index contributed by atoms with van der Waals surface area (Å²) in [5, 5.41) is 8.73. The number of hydrogen-bond donors (Lipinski definition) is 3. The molecule has 0 heterocycles. The molecule has 1 aromatic rings. The summed E-state index contributed by atoms with van der Waals surface area (Å²) in [4.78, 5) is 23.6. The number of amides is 2. The molecule has 0 aliphatic rings. The zero-order valence-electron chi connectivity index (χ0n) is 13.2. The number of carbonyl (C=O) groups is 2. The lowest BCUT2D eigenvalue weighted by Crippen LogP contribution is -2.33. The van der Waals surface area contributed by atoms with Crippen LogP contribution in [0.25, 0.3) is 0 Å². The van der Waals surface area contributed by atoms with Crippen molar-refractivity contribution in [1.29, 1.82) is 0 Å². The van der Waals surface area contributed by atoms with Crippen molar-refractivity contribution in [3.05, 3.63) is 29.8 Å². The average Bonchev–Trinajstić information content (AvgIpc) is 2.45. The third-order valence-electron chi connectivity index (χ3n) is 3.09. The first kappa shape index (κ1) is 17.2. The second kappa shape index (κ2) is 8.42. The molecule has 3 N–H and O–H groups in total. The predicted octanol–water partition coefficient (Wildman–Crippen LogP) is 2.15. The van der Waals surface area contributed by atoms with Crippen LogP contribution < -0.4 is 16.0 Å². The van der Waals surface area contributed by atoms with Crippen molar-refractivity contribution in [2.45, 2.75) is 46.2 Å². The molecule has 1 atom stereocenters. The normalized spacial score (nSPS) is 12.0. The van der Waals surface area contributed by atoms with Crippen LogP contribution >= 0.6 is 0 Å². The monoisotopic (exact) mass is 291 g/mol. The van der Waals surface area contributed by atoms with Crippen molar-refractivity contribution in [2.24, 2.45) is 0 Å². The Labute approximate surface area is 126 Å². The summed E-state index contributed by atoms with van der Waals surface area (Å²) >= 11 is 0. The molecule has 2 amide bonds. The summed E-state index contributed by atoms with van der Waals surface area (Å²) in [5.74, 6) is -0.191. The molecule has 21 heavy (non-hydrogen) atoms. The van der Waals surface area contributed by atoms with Crippen molar-refractivity contribution in [3.63, 3.8) is 0 Å². The van der Waals surface area contributed by atoms with E-state index in [9.17, 15) is 9.59 Å². The lowest BCUT2D eigenvalue weighted by atomic mass is 10.1. The van der Waals surface area contributed by atoms with Crippen LogP contribution in [0.4, 0.5) is 5.69 Å². The van der Waals surface area contributed by atoms with Crippen LogP contribution in [-0.2, 0) is 4.79 Å². The summed E-state index contributed by atoms with van der Waals surface area (Å²) in [5.41, 5.74) is 1.28. The molecular formula is C16H25N3O2. The van der Waals surface area contributed by atoms with Crippen LogP contribution in [0.15, 0.2) is 24.3 Å². The van der Waals surface area contributed by atoms with Crippen LogP contribution in [0.2, 0.25) is 0 Å². The Morgan fingerprint density at radius 3 is 2.24 bits per heavy atom. The Balaban J connectivity index is 2.54. The molecule has 5 nitrogen and oxygen atoms in total. The van der Waals surface area contributed by atoms with Gasteiger partial charge < -0.3 is 16.0 Å². The lowest BCUT2D eigenvalue weighted by Gasteiger charge is -2.12. The van der Waals surface area contributed by atoms with Gasteiger partial charge >= 0.3 is 0 Å². The van der Waals surface area contributed by atoms with E-state index >= 15 is 0 Å². The molecule has 116 valence electrons. The summed E-state index contributed by atoms with van der Waals surface area (Å²) < 4.78 is 0. The van der Waals surface area contributed by atoms with Crippen molar-refractivity contribution in [3.8, 4) is 0 Å². The van der Waals surface area contributed by atoms with E-state index in [0.717, 1.165) is 6.42 Å². The zero-order valence-corrected chi connectivity index (χ0v) is 13.2. The molecule has 0 aliphatic carbocycles. The Kier molecular flexibility index (Phi) is 6.88. The van der Waals surface area contributed by atoms with Crippen molar-refractivity contribution in [2.75, 3.05) is 11.9 Å². The molecule has 1 rings (SSSR count). The number of carbonyl (C=O) groups excluding carboxylic acids is 2. The van der Waals surface area contributed by atoms with Gasteiger partial charge in [-0.05, 0) is 37.6 Å². The molecule has 1 aromatic carbocycles. The highest BCUT2D eigenvalue weighted by Gasteiger charge is 2.09. The van der Waals surface area contributed by atoms with Crippen molar-refractivity contribution in [1.82, 2.24) is 10.6 Å². The fourth-order valence-electron chi connectivity index (χ4n) is 1.62. The quantitative estimate of drug-likeness (QED) is 0.721. The average molecular weight is 291 g/mol. The summed E-state index contributed by atoms with van der Waals surface area (Å²) in [7, 11) is 0. The highest BCUT2D eigenvalue weighted by molar-refractivity contribution is 5.96. The second-order valence-electron chi connectivity index (χ2n) is 5.44. The Bertz CT molecular complexity index is 469. The van der Waals surface area contributed by atoms with E-state index in [1.165, 1.54) is 0 Å². The van der Waals surface area contributed by atoms with Gasteiger partial charge in [0.2, 0.25) is 5.91 Å². The van der Waals surface area contributed by atoms with Crippen LogP contribution in [0, 0.1) is 0 Å². The van der Waals surface area contributed by atoms with Crippen molar-refractivity contribution < 1.29 is 9.59 Å². The molecule has 0 aliphatic heterocycles. The van der Waals surface area contributed by atoms with Crippen molar-refractivity contribution >= 4 is 17.5 Å². The molecule has 0 saturated carbocycles. The first-order valence-corrected chi connectivity index (χ1v) is 7.36. The summed E-state index contributed by atoms with van der Waals surface area (Å²) in [6.07, 6.45) is 0.892. The van der Waals surface area contributed by atoms with Crippen LogP contribution in [0.1, 0.15) is 44.5 Å². The lowest BCUT2D eigenvalue weighted by molar-refractivity contribution is -0.115. The fourth-order valence-corrected chi connectivity index (χ4v) is 1.62. The fraction of sp³-hybridized carbons (Fsp3) is 0.500. The minimum Gasteiger partial charge on any atom is -0.350 e. The number of anilines is 1. The third-order valence-corrected chi connectivity index (χ3v) is 3.09. The molecule has 0 aromatic heterocycles. The number of benzene rings is 1. The van der Waals surface area contributed by atoms with Gasteiger partial charge in [-0.25, -0.2) is 0 Å². The SMILES string of the molecule is CCC(C)NC(=O)c1ccc(NC(=O)CNC(C)C)cc1. The van der Waals surface area contributed by atoms with Gasteiger partial charge in [-0.15, -0.1) is 0 Å². The van der Waals surface area contributed by atoms with E-state index in [4.69, 9.17) is 0 Å². The second-order valence-corrected chi connectivity index (χ2v) is 5.44. The van der Waals surface area contributed by atoms with E-state index in [0.29, 0.717) is 11.3 Å². The maximum Gasteiger partial charge on any atom is 0.251 e. The van der Waals surface area contributed by atoms with Crippen LogP contribution in [0.3, 0.4) is 0 Å². The van der Waals surface area contributed by atoms with E-state index in [2.05, 4.69) is 16.0 Å². The van der Waals surface area contributed by atoms with Crippen LogP contribution in [0.5, 0.6) is 0 Å². The van der Waals surface area contributed by atoms with Gasteiger partial charge in [0, 0.05) is 23.3 Å². The maximum absolute atomic E-state index is 11.9. The molecule has 0 spiro atoms. The van der Waals surface area contributed by atoms with Gasteiger partial charge in [0.15, 0.2) is 0 Å². The summed E-state index contributed by atoms with van der Waals surface area (Å²) in [6.45, 7) is 8.23. The van der Waals surface area contributed by atoms with Gasteiger partial charge in [-0.1, -0.05) is 20.8 Å². The van der Waals surface area contributed by atoms with Gasteiger partial charge in [-0.3, -0.25) is 9.59 Å². The largest absolute Gasteiger partial charge is 0.350 e. The number of rotatable bonds is 7. The molecule has 0 bridgehead atoms. The highest BCUT2D eigenvalue weighted by Crippen LogP contribution is 2.09. The standard InChI is InChI=1S/C16H25N3O2/c1-5-12(4)18-16(21)13-6-8-14(9-7-13)19-15(20)10-17-11(2)3/h6-9,11-12,17H,5,10H2,1-4H3,(H,18,21)(H,19,20). The third kappa shape index (κ3) is 6.40. The van der Waals surface area contributed by atoms with Gasteiger partial charge in [0.1, 0.15) is 0 Å². The molecule has 0 fully saturated rings. The molecule has 0 saturated heterocycles. The number of hydrogen-bond acceptors (Lipinski definition) is 3. The van der Waals surface area contributed by atoms with Gasteiger partial charge in [0.25, 0.3) is 5.91 Å². The maximum atomic E-state index is 11.9. The van der Waals surface area contributed by atoms with E-state index in [-0.39, 0.29) is 30.4 Å². The van der Waals surface area contributed by atoms with E-state index in [1.54, 1.807) is 24.3 Å². The smallest absolute Gasteiger partial charge is 0.251 e. The first-order valence-electron chi connectivity index (χ1n) is 7.36. The molecule has 1 unspecified atom stereocenters. The first-order chi connectivity index (χ1) is 9.92. The minimum absolute atomic E-state index is 0.0938.